The molecule has 2 aromatic rings. The molecule has 8 nitrogen and oxygen atoms in total. The molecule has 0 aromatic carbocycles. The Bertz CT molecular complexity index is 1180. The lowest BCUT2D eigenvalue weighted by Gasteiger charge is -2.48. The lowest BCUT2D eigenvalue weighted by Crippen LogP contribution is -2.67. The van der Waals surface area contributed by atoms with Crippen molar-refractivity contribution in [1.82, 2.24) is 19.3 Å². The predicted molar refractivity (Wildman–Crippen MR) is 124 cm³/mol. The highest BCUT2D eigenvalue weighted by Crippen LogP contribution is 2.40. The number of rotatable bonds is 4. The van der Waals surface area contributed by atoms with Crippen molar-refractivity contribution >= 4 is 29.2 Å². The highest BCUT2D eigenvalue weighted by atomic mass is 32.1. The van der Waals surface area contributed by atoms with E-state index in [-0.39, 0.29) is 30.4 Å². The number of thiophene rings is 1. The van der Waals surface area contributed by atoms with Crippen LogP contribution in [0.2, 0.25) is 0 Å². The Hall–Kier alpha value is -2.78. The first-order chi connectivity index (χ1) is 15.7. The van der Waals surface area contributed by atoms with Crippen LogP contribution in [-0.4, -0.2) is 70.8 Å². The summed E-state index contributed by atoms with van der Waals surface area (Å²) in [5.41, 5.74) is 0.748. The Balaban J connectivity index is 1.50. The van der Waals surface area contributed by atoms with Crippen molar-refractivity contribution < 1.29 is 14.4 Å². The van der Waals surface area contributed by atoms with Gasteiger partial charge in [0.1, 0.15) is 5.41 Å². The summed E-state index contributed by atoms with van der Waals surface area (Å²) < 4.78 is 1.87. The zero-order chi connectivity index (χ0) is 23.5. The van der Waals surface area contributed by atoms with Gasteiger partial charge < -0.3 is 9.47 Å². The third kappa shape index (κ3) is 3.45. The van der Waals surface area contributed by atoms with E-state index in [4.69, 9.17) is 0 Å². The maximum atomic E-state index is 13.6. The number of fused-ring (bicyclic) bond motifs is 4. The third-order valence-electron chi connectivity index (χ3n) is 7.48. The minimum atomic E-state index is -1.35. The van der Waals surface area contributed by atoms with Crippen LogP contribution in [0.5, 0.6) is 0 Å². The van der Waals surface area contributed by atoms with Gasteiger partial charge in [-0.25, -0.2) is 4.79 Å². The second-order valence-electron chi connectivity index (χ2n) is 9.69. The fourth-order valence-corrected chi connectivity index (χ4v) is 6.86. The van der Waals surface area contributed by atoms with E-state index in [0.717, 1.165) is 32.4 Å². The third-order valence-corrected chi connectivity index (χ3v) is 8.50. The molecule has 3 aliphatic rings. The number of carbonyl (C=O) groups is 3. The first-order valence-electron chi connectivity index (χ1n) is 11.3. The minimum Gasteiger partial charge on any atom is -0.312 e. The number of aryl methyl sites for hydroxylation is 1. The standard InChI is InChI=1S/C24H28N4O4S/c1-15-7-8-33-19(15)10-24(21(30)25(2)23(32)26(3)22(24)31)14-27-11-16-9-17(13-27)18-5-4-6-20(29)28(18)12-16/h4-8,16-17H,9-14H2,1-3H3/t16-,17-/m0/s1. The van der Waals surface area contributed by atoms with E-state index in [1.54, 1.807) is 12.1 Å². The first kappa shape index (κ1) is 22.0. The van der Waals surface area contributed by atoms with Crippen LogP contribution in [0, 0.1) is 18.3 Å². The predicted octanol–water partition coefficient (Wildman–Crippen LogP) is 1.92. The molecule has 0 spiro atoms. The SMILES string of the molecule is Cc1ccsc1CC1(CN2C[C@@H]3C[C@@H](C2)c2cccc(=O)n2C3)C(=O)N(C)C(=O)N(C)C1=O. The van der Waals surface area contributed by atoms with Gasteiger partial charge in [0, 0.05) is 69.3 Å². The smallest absolute Gasteiger partial charge is 0.312 e. The Kier molecular flexibility index (Phi) is 5.29. The van der Waals surface area contributed by atoms with E-state index in [9.17, 15) is 19.2 Å². The summed E-state index contributed by atoms with van der Waals surface area (Å²) >= 11 is 1.54. The van der Waals surface area contributed by atoms with Gasteiger partial charge in [0.2, 0.25) is 11.8 Å². The van der Waals surface area contributed by atoms with Crippen molar-refractivity contribution in [2.24, 2.45) is 11.3 Å². The number of imide groups is 2. The van der Waals surface area contributed by atoms with Crippen LogP contribution in [0.15, 0.2) is 34.4 Å². The van der Waals surface area contributed by atoms with Crippen molar-refractivity contribution in [3.05, 3.63) is 56.1 Å². The van der Waals surface area contributed by atoms with Crippen LogP contribution in [-0.2, 0) is 22.6 Å². The van der Waals surface area contributed by atoms with E-state index < -0.39 is 23.3 Å². The number of urea groups is 1. The van der Waals surface area contributed by atoms with Gasteiger partial charge >= 0.3 is 6.03 Å². The van der Waals surface area contributed by atoms with Crippen LogP contribution >= 0.6 is 11.3 Å². The van der Waals surface area contributed by atoms with Crippen LogP contribution in [0.25, 0.3) is 0 Å². The van der Waals surface area contributed by atoms with E-state index in [0.29, 0.717) is 19.6 Å². The molecule has 0 aliphatic carbocycles. The maximum absolute atomic E-state index is 13.6. The lowest BCUT2D eigenvalue weighted by atomic mass is 9.76. The molecular formula is C24H28N4O4S. The largest absolute Gasteiger partial charge is 0.332 e. The summed E-state index contributed by atoms with van der Waals surface area (Å²) in [6.07, 6.45) is 1.27. The molecule has 4 amide bonds. The van der Waals surface area contributed by atoms with E-state index in [1.807, 2.05) is 29.0 Å². The number of hydrogen-bond acceptors (Lipinski definition) is 6. The van der Waals surface area contributed by atoms with Gasteiger partial charge in [-0.1, -0.05) is 6.07 Å². The maximum Gasteiger partial charge on any atom is 0.332 e. The first-order valence-corrected chi connectivity index (χ1v) is 12.1. The Morgan fingerprint density at radius 3 is 2.39 bits per heavy atom. The summed E-state index contributed by atoms with van der Waals surface area (Å²) in [7, 11) is 2.91. The average molecular weight is 469 g/mol. The number of barbiturate groups is 1. The number of aromatic nitrogens is 1. The molecule has 3 aliphatic heterocycles. The van der Waals surface area contributed by atoms with Crippen LogP contribution < -0.4 is 5.56 Å². The Morgan fingerprint density at radius 1 is 1.00 bits per heavy atom. The average Bonchev–Trinajstić information content (AvgIpc) is 3.20. The number of nitrogens with zero attached hydrogens (tertiary/aromatic N) is 4. The van der Waals surface area contributed by atoms with Crippen LogP contribution in [0.4, 0.5) is 4.79 Å². The summed E-state index contributed by atoms with van der Waals surface area (Å²) in [5, 5.41) is 1.97. The minimum absolute atomic E-state index is 0.0275. The van der Waals surface area contributed by atoms with Gasteiger partial charge in [-0.15, -0.1) is 11.3 Å². The van der Waals surface area contributed by atoms with Gasteiger partial charge in [0.25, 0.3) is 5.56 Å². The highest BCUT2D eigenvalue weighted by molar-refractivity contribution is 7.10. The fourth-order valence-electron chi connectivity index (χ4n) is 5.84. The van der Waals surface area contributed by atoms with Crippen molar-refractivity contribution in [2.45, 2.75) is 32.2 Å². The quantitative estimate of drug-likeness (QED) is 0.641. The normalized spacial score (nSPS) is 24.9. The zero-order valence-corrected chi connectivity index (χ0v) is 19.9. The summed E-state index contributed by atoms with van der Waals surface area (Å²) in [6.45, 7) is 4.28. The molecule has 0 radical (unpaired) electrons. The Labute approximate surface area is 196 Å². The van der Waals surface area contributed by atoms with Crippen molar-refractivity contribution in [3.8, 4) is 0 Å². The fraction of sp³-hybridized carbons (Fsp3) is 0.500. The van der Waals surface area contributed by atoms with Crippen molar-refractivity contribution in [2.75, 3.05) is 33.7 Å². The van der Waals surface area contributed by atoms with E-state index in [1.165, 1.54) is 25.4 Å². The molecule has 0 N–H and O–H groups in total. The molecule has 0 saturated carbocycles. The summed E-state index contributed by atoms with van der Waals surface area (Å²) in [5.74, 6) is -0.410. The second-order valence-corrected chi connectivity index (χ2v) is 10.7. The molecule has 2 aromatic heterocycles. The number of carbonyl (C=O) groups excluding carboxylic acids is 3. The summed E-state index contributed by atoms with van der Waals surface area (Å²) in [4.78, 5) is 57.4. The second kappa shape index (κ2) is 7.92. The van der Waals surface area contributed by atoms with Crippen LogP contribution in [0.3, 0.4) is 0 Å². The van der Waals surface area contributed by atoms with Gasteiger partial charge in [-0.3, -0.25) is 24.2 Å². The molecule has 9 heteroatoms. The van der Waals surface area contributed by atoms with Gasteiger partial charge in [-0.2, -0.15) is 0 Å². The number of pyridine rings is 1. The Morgan fingerprint density at radius 2 is 1.73 bits per heavy atom. The molecule has 5 rings (SSSR count). The number of hydrogen-bond donors (Lipinski definition) is 0. The van der Waals surface area contributed by atoms with Crippen molar-refractivity contribution in [3.63, 3.8) is 0 Å². The molecule has 174 valence electrons. The number of likely N-dealkylation sites (tertiary alicyclic amines) is 1. The van der Waals surface area contributed by atoms with Crippen LogP contribution in [0.1, 0.15) is 28.5 Å². The number of piperidine rings is 1. The topological polar surface area (TPSA) is 82.9 Å². The zero-order valence-electron chi connectivity index (χ0n) is 19.1. The van der Waals surface area contributed by atoms with E-state index in [2.05, 4.69) is 4.90 Å². The van der Waals surface area contributed by atoms with Gasteiger partial charge in [0.05, 0.1) is 0 Å². The lowest BCUT2D eigenvalue weighted by molar-refractivity contribution is -0.159. The summed E-state index contributed by atoms with van der Waals surface area (Å²) in [6, 6.07) is 6.81. The highest BCUT2D eigenvalue weighted by Gasteiger charge is 2.57. The molecule has 2 bridgehead atoms. The molecule has 2 saturated heterocycles. The molecule has 0 unspecified atom stereocenters. The molecular weight excluding hydrogens is 440 g/mol. The van der Waals surface area contributed by atoms with Gasteiger partial charge in [-0.05, 0) is 42.3 Å². The molecule has 5 heterocycles. The van der Waals surface area contributed by atoms with E-state index >= 15 is 0 Å². The molecule has 2 fully saturated rings. The molecule has 33 heavy (non-hydrogen) atoms. The molecule has 2 atom stereocenters. The monoisotopic (exact) mass is 468 g/mol. The van der Waals surface area contributed by atoms with Crippen molar-refractivity contribution in [1.29, 1.82) is 0 Å². The number of amides is 4. The van der Waals surface area contributed by atoms with Gasteiger partial charge in [0.15, 0.2) is 0 Å².